The number of aryl methyl sites for hydroxylation is 1. The van der Waals surface area contributed by atoms with Crippen molar-refractivity contribution in [1.29, 1.82) is 0 Å². The summed E-state index contributed by atoms with van der Waals surface area (Å²) >= 11 is 0. The van der Waals surface area contributed by atoms with Gasteiger partial charge >= 0.3 is 0 Å². The average Bonchev–Trinajstić information content (AvgIpc) is 3.05. The first-order valence-corrected chi connectivity index (χ1v) is 8.23. The van der Waals surface area contributed by atoms with Gasteiger partial charge in [-0.1, -0.05) is 37.3 Å². The van der Waals surface area contributed by atoms with Crippen LogP contribution in [0.5, 0.6) is 0 Å². The highest BCUT2D eigenvalue weighted by atomic mass is 16.4. The first-order valence-electron chi connectivity index (χ1n) is 8.23. The Morgan fingerprint density at radius 2 is 1.70 bits per heavy atom. The number of piperazine rings is 1. The Morgan fingerprint density at radius 1 is 1.04 bits per heavy atom. The van der Waals surface area contributed by atoms with Crippen molar-refractivity contribution in [3.63, 3.8) is 0 Å². The molecule has 0 saturated carbocycles. The fourth-order valence-corrected chi connectivity index (χ4v) is 2.84. The van der Waals surface area contributed by atoms with Gasteiger partial charge in [-0.3, -0.25) is 9.80 Å². The zero-order chi connectivity index (χ0) is 16.1. The Labute approximate surface area is 136 Å². The fourth-order valence-electron chi connectivity index (χ4n) is 2.84. The Morgan fingerprint density at radius 3 is 2.35 bits per heavy atom. The van der Waals surface area contributed by atoms with Gasteiger partial charge in [0, 0.05) is 39.1 Å². The molecule has 6 nitrogen and oxygen atoms in total. The van der Waals surface area contributed by atoms with Crippen molar-refractivity contribution in [3.8, 4) is 0 Å². The molecule has 23 heavy (non-hydrogen) atoms. The molecule has 1 aliphatic heterocycles. The van der Waals surface area contributed by atoms with Crippen LogP contribution in [0, 0.1) is 0 Å². The topological polar surface area (TPSA) is 65.6 Å². The molecule has 1 atom stereocenters. The molecule has 1 fully saturated rings. The van der Waals surface area contributed by atoms with Gasteiger partial charge in [-0.25, -0.2) is 0 Å². The van der Waals surface area contributed by atoms with Crippen molar-refractivity contribution in [2.24, 2.45) is 0 Å². The largest absolute Gasteiger partial charge is 0.424 e. The molecule has 1 aliphatic rings. The molecule has 3 rings (SSSR count). The minimum atomic E-state index is -0.425. The lowest BCUT2D eigenvalue weighted by Gasteiger charge is -2.35. The predicted octanol–water partition coefficient (Wildman–Crippen LogP) is 1.48. The molecule has 0 spiro atoms. The summed E-state index contributed by atoms with van der Waals surface area (Å²) in [7, 11) is 0. The highest BCUT2D eigenvalue weighted by molar-refractivity contribution is 5.17. The molecule has 124 valence electrons. The van der Waals surface area contributed by atoms with Crippen LogP contribution in [0.15, 0.2) is 34.7 Å². The van der Waals surface area contributed by atoms with Gasteiger partial charge in [0.25, 0.3) is 0 Å². The number of aromatic nitrogens is 2. The molecule has 0 radical (unpaired) electrons. The van der Waals surface area contributed by atoms with Gasteiger partial charge in [-0.2, -0.15) is 0 Å². The third-order valence-corrected chi connectivity index (χ3v) is 4.25. The molecule has 1 N–H and O–H groups in total. The molecular weight excluding hydrogens is 292 g/mol. The molecular formula is C17H24N4O2. The van der Waals surface area contributed by atoms with Crippen molar-refractivity contribution < 1.29 is 9.52 Å². The van der Waals surface area contributed by atoms with Crippen LogP contribution in [0.4, 0.5) is 0 Å². The first kappa shape index (κ1) is 16.1. The lowest BCUT2D eigenvalue weighted by atomic mass is 10.1. The Kier molecular flexibility index (Phi) is 5.38. The summed E-state index contributed by atoms with van der Waals surface area (Å²) < 4.78 is 5.57. The molecule has 0 amide bonds. The average molecular weight is 316 g/mol. The van der Waals surface area contributed by atoms with E-state index in [1.807, 2.05) is 37.3 Å². The van der Waals surface area contributed by atoms with Crippen molar-refractivity contribution >= 4 is 0 Å². The second-order valence-electron chi connectivity index (χ2n) is 5.95. The van der Waals surface area contributed by atoms with Gasteiger partial charge < -0.3 is 9.52 Å². The standard InChI is InChI=1S/C17H24N4O2/c1-2-16-18-19-17(23-16)13-21-10-8-20(9-11-21)12-15(22)14-6-4-3-5-7-14/h3-7,15,22H,2,8-13H2,1H3. The maximum absolute atomic E-state index is 10.3. The second-order valence-corrected chi connectivity index (χ2v) is 5.95. The van der Waals surface area contributed by atoms with E-state index in [9.17, 15) is 5.11 Å². The minimum absolute atomic E-state index is 0.425. The van der Waals surface area contributed by atoms with Crippen LogP contribution in [0.2, 0.25) is 0 Å². The number of hydrogen-bond acceptors (Lipinski definition) is 6. The molecule has 1 saturated heterocycles. The molecule has 0 aliphatic carbocycles. The zero-order valence-corrected chi connectivity index (χ0v) is 13.6. The molecule has 6 heteroatoms. The highest BCUT2D eigenvalue weighted by Crippen LogP contribution is 2.15. The fraction of sp³-hybridized carbons (Fsp3) is 0.529. The van der Waals surface area contributed by atoms with Crippen LogP contribution in [0.3, 0.4) is 0 Å². The van der Waals surface area contributed by atoms with Crippen LogP contribution in [0.25, 0.3) is 0 Å². The highest BCUT2D eigenvalue weighted by Gasteiger charge is 2.21. The maximum atomic E-state index is 10.3. The van der Waals surface area contributed by atoms with E-state index in [2.05, 4.69) is 20.0 Å². The van der Waals surface area contributed by atoms with E-state index in [1.165, 1.54) is 0 Å². The summed E-state index contributed by atoms with van der Waals surface area (Å²) in [4.78, 5) is 4.62. The number of hydrogen-bond donors (Lipinski definition) is 1. The SMILES string of the molecule is CCc1nnc(CN2CCN(CC(O)c3ccccc3)CC2)o1. The maximum Gasteiger partial charge on any atom is 0.230 e. The summed E-state index contributed by atoms with van der Waals surface area (Å²) in [5.74, 6) is 1.39. The van der Waals surface area contributed by atoms with E-state index in [0.717, 1.165) is 38.2 Å². The van der Waals surface area contributed by atoms with Crippen LogP contribution in [-0.4, -0.2) is 57.8 Å². The second kappa shape index (κ2) is 7.68. The first-order chi connectivity index (χ1) is 11.2. The minimum Gasteiger partial charge on any atom is -0.424 e. The van der Waals surface area contributed by atoms with Crippen molar-refractivity contribution in [1.82, 2.24) is 20.0 Å². The number of aliphatic hydroxyl groups is 1. The van der Waals surface area contributed by atoms with E-state index in [-0.39, 0.29) is 0 Å². The summed E-state index contributed by atoms with van der Waals surface area (Å²) in [6.45, 7) is 7.18. The van der Waals surface area contributed by atoms with Gasteiger partial charge in [0.05, 0.1) is 12.6 Å². The molecule has 1 aromatic carbocycles. The molecule has 1 unspecified atom stereocenters. The summed E-state index contributed by atoms with van der Waals surface area (Å²) in [5, 5.41) is 18.4. The summed E-state index contributed by atoms with van der Waals surface area (Å²) in [5.41, 5.74) is 0.980. The quantitative estimate of drug-likeness (QED) is 0.871. The predicted molar refractivity (Wildman–Crippen MR) is 86.8 cm³/mol. The Balaban J connectivity index is 1.45. The van der Waals surface area contributed by atoms with Crippen LogP contribution in [0.1, 0.15) is 30.4 Å². The number of rotatable bonds is 6. The zero-order valence-electron chi connectivity index (χ0n) is 13.6. The van der Waals surface area contributed by atoms with Gasteiger partial charge in [0.1, 0.15) is 0 Å². The Bertz CT molecular complexity index is 594. The summed E-state index contributed by atoms with van der Waals surface area (Å²) in [6.07, 6.45) is 0.351. The van der Waals surface area contributed by atoms with Gasteiger partial charge in [-0.05, 0) is 5.56 Å². The number of aliphatic hydroxyl groups excluding tert-OH is 1. The molecule has 2 heterocycles. The van der Waals surface area contributed by atoms with Crippen molar-refractivity contribution in [2.45, 2.75) is 26.0 Å². The Hall–Kier alpha value is -1.76. The van der Waals surface area contributed by atoms with E-state index >= 15 is 0 Å². The van der Waals surface area contributed by atoms with E-state index in [4.69, 9.17) is 4.42 Å². The normalized spacial score (nSPS) is 18.2. The van der Waals surface area contributed by atoms with E-state index < -0.39 is 6.10 Å². The van der Waals surface area contributed by atoms with E-state index in [1.54, 1.807) is 0 Å². The van der Waals surface area contributed by atoms with E-state index in [0.29, 0.717) is 24.9 Å². The van der Waals surface area contributed by atoms with Crippen LogP contribution in [-0.2, 0) is 13.0 Å². The molecule has 2 aromatic rings. The third-order valence-electron chi connectivity index (χ3n) is 4.25. The van der Waals surface area contributed by atoms with Crippen molar-refractivity contribution in [3.05, 3.63) is 47.7 Å². The molecule has 1 aromatic heterocycles. The van der Waals surface area contributed by atoms with Crippen LogP contribution >= 0.6 is 0 Å². The molecule has 0 bridgehead atoms. The van der Waals surface area contributed by atoms with Crippen molar-refractivity contribution in [2.75, 3.05) is 32.7 Å². The van der Waals surface area contributed by atoms with Gasteiger partial charge in [0.2, 0.25) is 11.8 Å². The number of benzene rings is 1. The lowest BCUT2D eigenvalue weighted by Crippen LogP contribution is -2.47. The summed E-state index contributed by atoms with van der Waals surface area (Å²) in [6, 6.07) is 9.84. The van der Waals surface area contributed by atoms with Gasteiger partial charge in [-0.15, -0.1) is 10.2 Å². The number of β-amino-alcohol motifs (C(OH)–C–C–N with tert-alkyl or cyclic N) is 1. The number of nitrogens with zero attached hydrogens (tertiary/aromatic N) is 4. The lowest BCUT2D eigenvalue weighted by molar-refractivity contribution is 0.0670. The van der Waals surface area contributed by atoms with Crippen LogP contribution < -0.4 is 0 Å². The smallest absolute Gasteiger partial charge is 0.230 e. The third kappa shape index (κ3) is 4.37. The van der Waals surface area contributed by atoms with Gasteiger partial charge in [0.15, 0.2) is 0 Å². The monoisotopic (exact) mass is 316 g/mol.